The van der Waals surface area contributed by atoms with Gasteiger partial charge in [-0.25, -0.2) is 5.14 Å². The van der Waals surface area contributed by atoms with Gasteiger partial charge < -0.3 is 0 Å². The zero-order valence-corrected chi connectivity index (χ0v) is 6.97. The zero-order valence-electron chi connectivity index (χ0n) is 6.16. The molecule has 0 rings (SSSR count). The summed E-state index contributed by atoms with van der Waals surface area (Å²) in [6, 6.07) is 0. The molecule has 0 aromatic rings. The van der Waals surface area contributed by atoms with Crippen LogP contribution in [0.25, 0.3) is 0 Å². The predicted molar refractivity (Wildman–Crippen MR) is 45.9 cm³/mol. The molecule has 0 aromatic carbocycles. The second-order valence-electron chi connectivity index (χ2n) is 2.32. The van der Waals surface area contributed by atoms with E-state index < -0.39 is 10.8 Å². The van der Waals surface area contributed by atoms with Crippen LogP contribution in [-0.2, 0) is 0 Å². The molecule has 0 radical (unpaired) electrons. The fourth-order valence-corrected chi connectivity index (χ4v) is 1.01. The van der Waals surface area contributed by atoms with E-state index in [4.69, 9.17) is 14.2 Å². The van der Waals surface area contributed by atoms with Crippen LogP contribution >= 0.6 is 10.8 Å². The maximum atomic E-state index is 8.90. The second-order valence-corrected chi connectivity index (χ2v) is 4.40. The number of nitrogens with two attached hydrogens (primary N) is 1. The Morgan fingerprint density at radius 1 is 1.70 bits per heavy atom. The van der Waals surface area contributed by atoms with Crippen molar-refractivity contribution >= 4 is 10.8 Å². The molecule has 4 heteroatoms. The van der Waals surface area contributed by atoms with E-state index in [1.54, 1.807) is 13.0 Å². The van der Waals surface area contributed by atoms with Gasteiger partial charge in [0.25, 0.3) is 0 Å². The Balaban J connectivity index is 3.61. The number of hydrogen-bond donors (Lipinski definition) is 3. The molecule has 0 fully saturated rings. The van der Waals surface area contributed by atoms with Crippen molar-refractivity contribution in [3.05, 3.63) is 12.7 Å². The Morgan fingerprint density at radius 2 is 2.20 bits per heavy atom. The average Bonchev–Trinajstić information content (AvgIpc) is 1.80. The number of rotatable bonds is 4. The fourth-order valence-electron chi connectivity index (χ4n) is 0.526. The van der Waals surface area contributed by atoms with Crippen LogP contribution in [-0.4, -0.2) is 14.4 Å². The van der Waals surface area contributed by atoms with Crippen molar-refractivity contribution in [1.82, 2.24) is 0 Å². The van der Waals surface area contributed by atoms with Crippen molar-refractivity contribution < 1.29 is 9.11 Å². The molecule has 0 saturated carbocycles. The highest BCUT2D eigenvalue weighted by atomic mass is 32.3. The molecule has 0 heterocycles. The normalized spacial score (nSPS) is 16.4. The quantitative estimate of drug-likeness (QED) is 0.558. The summed E-state index contributed by atoms with van der Waals surface area (Å²) in [7, 11) is -2.82. The molecule has 0 aromatic heterocycles. The van der Waals surface area contributed by atoms with Gasteiger partial charge in [-0.05, 0) is 19.8 Å². The van der Waals surface area contributed by atoms with Crippen LogP contribution in [0.15, 0.2) is 12.7 Å². The van der Waals surface area contributed by atoms with Gasteiger partial charge in [-0.2, -0.15) is 0 Å². The third-order valence-electron chi connectivity index (χ3n) is 1.37. The van der Waals surface area contributed by atoms with E-state index in [-0.39, 0.29) is 5.25 Å². The lowest BCUT2D eigenvalue weighted by Crippen LogP contribution is -2.21. The molecule has 1 atom stereocenters. The van der Waals surface area contributed by atoms with Gasteiger partial charge in [0.1, 0.15) is 0 Å². The second kappa shape index (κ2) is 3.98. The maximum Gasteiger partial charge on any atom is 0.0610 e. The van der Waals surface area contributed by atoms with Gasteiger partial charge in [0.05, 0.1) is 5.25 Å². The average molecular weight is 165 g/mol. The highest BCUT2D eigenvalue weighted by molar-refractivity contribution is 8.22. The first kappa shape index (κ1) is 9.97. The minimum atomic E-state index is -2.82. The third-order valence-corrected chi connectivity index (χ3v) is 2.79. The largest absolute Gasteiger partial charge is 0.286 e. The molecule has 4 N–H and O–H groups in total. The van der Waals surface area contributed by atoms with Crippen LogP contribution in [0.3, 0.4) is 0 Å². The molecule has 62 valence electrons. The minimum Gasteiger partial charge on any atom is -0.286 e. The van der Waals surface area contributed by atoms with Gasteiger partial charge in [0.15, 0.2) is 0 Å². The van der Waals surface area contributed by atoms with Crippen LogP contribution in [0.2, 0.25) is 0 Å². The molecule has 0 bridgehead atoms. The van der Waals surface area contributed by atoms with Crippen LogP contribution in [0.5, 0.6) is 0 Å². The lowest BCUT2D eigenvalue weighted by Gasteiger charge is -2.32. The van der Waals surface area contributed by atoms with Crippen LogP contribution in [0.4, 0.5) is 0 Å². The molecule has 0 aliphatic rings. The van der Waals surface area contributed by atoms with Crippen LogP contribution in [0, 0.1) is 0 Å². The molecule has 3 nitrogen and oxygen atoms in total. The van der Waals surface area contributed by atoms with Crippen LogP contribution in [0.1, 0.15) is 19.8 Å². The SMILES string of the molecule is C=CCCC(C)S(N)(O)O. The Bertz CT molecular complexity index is 111. The van der Waals surface area contributed by atoms with E-state index in [2.05, 4.69) is 6.58 Å². The van der Waals surface area contributed by atoms with E-state index >= 15 is 0 Å². The van der Waals surface area contributed by atoms with E-state index in [9.17, 15) is 0 Å². The summed E-state index contributed by atoms with van der Waals surface area (Å²) in [5.41, 5.74) is 0. The van der Waals surface area contributed by atoms with Crippen LogP contribution < -0.4 is 5.14 Å². The third kappa shape index (κ3) is 3.90. The van der Waals surface area contributed by atoms with Crippen molar-refractivity contribution in [3.8, 4) is 0 Å². The summed E-state index contributed by atoms with van der Waals surface area (Å²) in [6.45, 7) is 5.24. The molecule has 0 aliphatic heterocycles. The van der Waals surface area contributed by atoms with Gasteiger partial charge in [-0.1, -0.05) is 6.08 Å². The molecule has 0 amide bonds. The highest BCUT2D eigenvalue weighted by Gasteiger charge is 2.14. The van der Waals surface area contributed by atoms with Gasteiger partial charge >= 0.3 is 0 Å². The van der Waals surface area contributed by atoms with Gasteiger partial charge in [0.2, 0.25) is 0 Å². The lowest BCUT2D eigenvalue weighted by molar-refractivity contribution is 0.470. The Labute approximate surface area is 63.4 Å². The Hall–Kier alpha value is -0.0300. The lowest BCUT2D eigenvalue weighted by atomic mass is 10.2. The Kier molecular flexibility index (Phi) is 3.96. The monoisotopic (exact) mass is 165 g/mol. The fraction of sp³-hybridized carbons (Fsp3) is 0.667. The summed E-state index contributed by atoms with van der Waals surface area (Å²) in [6.07, 6.45) is 3.19. The first-order chi connectivity index (χ1) is 4.48. The number of allylic oxidation sites excluding steroid dienone is 1. The molecule has 0 spiro atoms. The summed E-state index contributed by atoms with van der Waals surface area (Å²) in [5.74, 6) is 0. The van der Waals surface area contributed by atoms with Gasteiger partial charge in [-0.15, -0.1) is 17.4 Å². The van der Waals surface area contributed by atoms with Crippen molar-refractivity contribution in [3.63, 3.8) is 0 Å². The summed E-state index contributed by atoms with van der Waals surface area (Å²) in [4.78, 5) is 0. The van der Waals surface area contributed by atoms with E-state index in [1.165, 1.54) is 0 Å². The molecule has 10 heavy (non-hydrogen) atoms. The molecule has 1 unspecified atom stereocenters. The molecular formula is C6H15NO2S. The van der Waals surface area contributed by atoms with Gasteiger partial charge in [0, 0.05) is 0 Å². The topological polar surface area (TPSA) is 66.5 Å². The summed E-state index contributed by atoms with van der Waals surface area (Å²) in [5, 5.41) is 4.85. The highest BCUT2D eigenvalue weighted by Crippen LogP contribution is 2.37. The van der Waals surface area contributed by atoms with E-state index in [0.717, 1.165) is 6.42 Å². The molecule has 0 aliphatic carbocycles. The Morgan fingerprint density at radius 3 is 2.50 bits per heavy atom. The molecular weight excluding hydrogens is 150 g/mol. The maximum absolute atomic E-state index is 8.90. The van der Waals surface area contributed by atoms with Crippen molar-refractivity contribution in [2.45, 2.75) is 25.0 Å². The zero-order chi connectivity index (χ0) is 8.20. The number of hydrogen-bond acceptors (Lipinski definition) is 3. The summed E-state index contributed by atoms with van der Waals surface area (Å²) >= 11 is 0. The summed E-state index contributed by atoms with van der Waals surface area (Å²) < 4.78 is 17.8. The predicted octanol–water partition coefficient (Wildman–Crippen LogP) is 1.97. The van der Waals surface area contributed by atoms with E-state index in [1.807, 2.05) is 0 Å². The first-order valence-electron chi connectivity index (χ1n) is 3.14. The van der Waals surface area contributed by atoms with E-state index in [0.29, 0.717) is 6.42 Å². The standard InChI is InChI=1S/C6H15NO2S/c1-3-4-5-6(2)10(7,8)9/h3,6,8-9H,1,4-5,7H2,2H3. The minimum absolute atomic E-state index is 0.231. The molecule has 0 saturated heterocycles. The smallest absolute Gasteiger partial charge is 0.0610 e. The van der Waals surface area contributed by atoms with Crippen molar-refractivity contribution in [2.24, 2.45) is 5.14 Å². The van der Waals surface area contributed by atoms with Crippen molar-refractivity contribution in [1.29, 1.82) is 0 Å². The van der Waals surface area contributed by atoms with Gasteiger partial charge in [-0.3, -0.25) is 9.11 Å². The first-order valence-corrected chi connectivity index (χ1v) is 4.81. The van der Waals surface area contributed by atoms with Crippen molar-refractivity contribution in [2.75, 3.05) is 0 Å².